The van der Waals surface area contributed by atoms with Crippen LogP contribution in [0, 0.1) is 0 Å². The molecule has 4 aromatic rings. The Labute approximate surface area is 205 Å². The fraction of sp³-hybridized carbons (Fsp3) is 0.321. The predicted molar refractivity (Wildman–Crippen MR) is 137 cm³/mol. The third-order valence-electron chi connectivity index (χ3n) is 6.63. The molecule has 0 saturated carbocycles. The van der Waals surface area contributed by atoms with E-state index in [-0.39, 0.29) is 5.91 Å². The van der Waals surface area contributed by atoms with Crippen molar-refractivity contribution >= 4 is 17.2 Å². The van der Waals surface area contributed by atoms with Crippen LogP contribution in [-0.2, 0) is 6.54 Å². The Hall–Kier alpha value is -3.25. The number of rotatable bonds is 6. The maximum atomic E-state index is 13.1. The number of hydrogen-bond acceptors (Lipinski definition) is 4. The minimum absolute atomic E-state index is 0.124. The van der Waals surface area contributed by atoms with E-state index >= 15 is 0 Å². The quantitative estimate of drug-likeness (QED) is 0.337. The number of aromatic nitrogens is 3. The lowest BCUT2D eigenvalue weighted by Crippen LogP contribution is -2.38. The zero-order chi connectivity index (χ0) is 23.5. The maximum absolute atomic E-state index is 13.1. The van der Waals surface area contributed by atoms with Crippen molar-refractivity contribution in [3.63, 3.8) is 0 Å². The van der Waals surface area contributed by atoms with Gasteiger partial charge in [0.1, 0.15) is 5.82 Å². The lowest BCUT2D eigenvalue weighted by atomic mass is 9.95. The van der Waals surface area contributed by atoms with Gasteiger partial charge in [-0.15, -0.1) is 11.3 Å². The van der Waals surface area contributed by atoms with Crippen molar-refractivity contribution in [1.82, 2.24) is 19.4 Å². The Kier molecular flexibility index (Phi) is 6.59. The molecule has 5 rings (SSSR count). The summed E-state index contributed by atoms with van der Waals surface area (Å²) in [5, 5.41) is 0. The van der Waals surface area contributed by atoms with Gasteiger partial charge < -0.3 is 9.47 Å². The van der Waals surface area contributed by atoms with Gasteiger partial charge in [-0.2, -0.15) is 0 Å². The molecular weight excluding hydrogens is 440 g/mol. The summed E-state index contributed by atoms with van der Waals surface area (Å²) < 4.78 is 2.27. The molecule has 6 heteroatoms. The summed E-state index contributed by atoms with van der Waals surface area (Å²) >= 11 is 1.52. The van der Waals surface area contributed by atoms with Crippen LogP contribution >= 0.6 is 11.3 Å². The largest absolute Gasteiger partial charge is 0.338 e. The molecule has 4 heterocycles. The molecule has 1 fully saturated rings. The van der Waals surface area contributed by atoms with Crippen LogP contribution in [0.5, 0.6) is 0 Å². The molecule has 1 aromatic carbocycles. The lowest BCUT2D eigenvalue weighted by Gasteiger charge is -2.31. The van der Waals surface area contributed by atoms with Crippen LogP contribution in [0.1, 0.15) is 65.1 Å². The van der Waals surface area contributed by atoms with E-state index in [2.05, 4.69) is 53.9 Å². The normalized spacial score (nSPS) is 14.6. The predicted octanol–water partition coefficient (Wildman–Crippen LogP) is 6.20. The Morgan fingerprint density at radius 3 is 2.50 bits per heavy atom. The summed E-state index contributed by atoms with van der Waals surface area (Å²) in [6, 6.07) is 18.7. The van der Waals surface area contributed by atoms with Crippen LogP contribution in [0.25, 0.3) is 10.6 Å². The maximum Gasteiger partial charge on any atom is 0.263 e. The number of likely N-dealkylation sites (tertiary alicyclic amines) is 1. The van der Waals surface area contributed by atoms with Crippen molar-refractivity contribution in [2.45, 2.75) is 45.1 Å². The van der Waals surface area contributed by atoms with Gasteiger partial charge in [-0.25, -0.2) is 4.98 Å². The first-order chi connectivity index (χ1) is 16.6. The number of hydrogen-bond donors (Lipinski definition) is 0. The molecule has 174 valence electrons. The van der Waals surface area contributed by atoms with Crippen molar-refractivity contribution in [2.75, 3.05) is 13.1 Å². The summed E-state index contributed by atoms with van der Waals surface area (Å²) in [7, 11) is 0. The number of nitrogens with zero attached hydrogens (tertiary/aromatic N) is 4. The van der Waals surface area contributed by atoms with Crippen LogP contribution in [0.2, 0.25) is 0 Å². The molecule has 3 aromatic heterocycles. The molecule has 0 bridgehead atoms. The second-order valence-corrected chi connectivity index (χ2v) is 10.3. The first-order valence-corrected chi connectivity index (χ1v) is 12.8. The smallest absolute Gasteiger partial charge is 0.263 e. The number of pyridine rings is 1. The average Bonchev–Trinajstić information content (AvgIpc) is 3.55. The molecule has 0 aliphatic carbocycles. The first kappa shape index (κ1) is 22.5. The molecule has 0 radical (unpaired) electrons. The second-order valence-electron chi connectivity index (χ2n) is 9.25. The summed E-state index contributed by atoms with van der Waals surface area (Å²) in [6.07, 6.45) is 7.64. The minimum atomic E-state index is 0.124. The number of benzene rings is 1. The monoisotopic (exact) mass is 470 g/mol. The van der Waals surface area contributed by atoms with E-state index in [0.29, 0.717) is 11.8 Å². The Morgan fingerprint density at radius 2 is 1.79 bits per heavy atom. The fourth-order valence-corrected chi connectivity index (χ4v) is 5.57. The minimum Gasteiger partial charge on any atom is -0.338 e. The molecule has 1 aliphatic heterocycles. The van der Waals surface area contributed by atoms with Crippen LogP contribution < -0.4 is 0 Å². The average molecular weight is 471 g/mol. The third kappa shape index (κ3) is 4.82. The van der Waals surface area contributed by atoms with Gasteiger partial charge in [-0.3, -0.25) is 9.78 Å². The van der Waals surface area contributed by atoms with E-state index < -0.39 is 0 Å². The topological polar surface area (TPSA) is 51.0 Å². The molecule has 5 nitrogen and oxygen atoms in total. The Morgan fingerprint density at radius 1 is 1.00 bits per heavy atom. The summed E-state index contributed by atoms with van der Waals surface area (Å²) in [4.78, 5) is 26.0. The Balaban J connectivity index is 1.21. The summed E-state index contributed by atoms with van der Waals surface area (Å²) in [6.45, 7) is 6.79. The van der Waals surface area contributed by atoms with Crippen molar-refractivity contribution in [3.8, 4) is 10.6 Å². The standard InChI is InChI=1S/C28H30N4OS/c1-20(2)22-8-6-21(7-9-22)19-32-18-15-30-27(32)23-12-16-31(17-13-23)28(33)26-11-10-25(34-26)24-5-3-4-14-29-24/h3-11,14-15,18,20,23H,12-13,16-17,19H2,1-2H3. The van der Waals surface area contributed by atoms with Gasteiger partial charge in [0.2, 0.25) is 0 Å². The molecular formula is C28H30N4OS. The molecule has 0 N–H and O–H groups in total. The van der Waals surface area contributed by atoms with E-state index in [9.17, 15) is 4.79 Å². The highest BCUT2D eigenvalue weighted by Gasteiger charge is 2.27. The van der Waals surface area contributed by atoms with Crippen LogP contribution in [-0.4, -0.2) is 38.4 Å². The van der Waals surface area contributed by atoms with Gasteiger partial charge in [0, 0.05) is 44.1 Å². The van der Waals surface area contributed by atoms with Crippen molar-refractivity contribution < 1.29 is 4.79 Å². The van der Waals surface area contributed by atoms with Gasteiger partial charge in [-0.1, -0.05) is 44.2 Å². The highest BCUT2D eigenvalue weighted by atomic mass is 32.1. The molecule has 0 unspecified atom stereocenters. The zero-order valence-electron chi connectivity index (χ0n) is 19.7. The molecule has 0 spiro atoms. The number of carbonyl (C=O) groups excluding carboxylic acids is 1. The second kappa shape index (κ2) is 9.94. The third-order valence-corrected chi connectivity index (χ3v) is 7.72. The first-order valence-electron chi connectivity index (χ1n) is 12.0. The molecule has 1 aliphatic rings. The van der Waals surface area contributed by atoms with Crippen LogP contribution in [0.3, 0.4) is 0 Å². The van der Waals surface area contributed by atoms with E-state index in [4.69, 9.17) is 4.98 Å². The number of amides is 1. The molecule has 1 saturated heterocycles. The van der Waals surface area contributed by atoms with E-state index in [0.717, 1.165) is 53.7 Å². The van der Waals surface area contributed by atoms with E-state index in [1.807, 2.05) is 41.4 Å². The van der Waals surface area contributed by atoms with Gasteiger partial charge in [0.15, 0.2) is 0 Å². The molecule has 1 amide bonds. The lowest BCUT2D eigenvalue weighted by molar-refractivity contribution is 0.0715. The van der Waals surface area contributed by atoms with E-state index in [1.165, 1.54) is 22.5 Å². The van der Waals surface area contributed by atoms with Gasteiger partial charge in [-0.05, 0) is 54.2 Å². The number of imidazole rings is 1. The van der Waals surface area contributed by atoms with E-state index in [1.54, 1.807) is 6.20 Å². The SMILES string of the molecule is CC(C)c1ccc(Cn2ccnc2C2CCN(C(=O)c3ccc(-c4ccccn4)s3)CC2)cc1. The summed E-state index contributed by atoms with van der Waals surface area (Å²) in [5.74, 6) is 2.18. The van der Waals surface area contributed by atoms with Gasteiger partial charge >= 0.3 is 0 Å². The van der Waals surface area contributed by atoms with Gasteiger partial charge in [0.25, 0.3) is 5.91 Å². The highest BCUT2D eigenvalue weighted by Crippen LogP contribution is 2.31. The van der Waals surface area contributed by atoms with Crippen LogP contribution in [0.15, 0.2) is 73.2 Å². The fourth-order valence-electron chi connectivity index (χ4n) is 4.61. The van der Waals surface area contributed by atoms with Crippen molar-refractivity contribution in [2.24, 2.45) is 0 Å². The molecule has 34 heavy (non-hydrogen) atoms. The van der Waals surface area contributed by atoms with Crippen molar-refractivity contribution in [3.05, 3.63) is 95.0 Å². The number of piperidine rings is 1. The van der Waals surface area contributed by atoms with Crippen LogP contribution in [0.4, 0.5) is 0 Å². The highest BCUT2D eigenvalue weighted by molar-refractivity contribution is 7.17. The molecule has 0 atom stereocenters. The van der Waals surface area contributed by atoms with Crippen molar-refractivity contribution in [1.29, 1.82) is 0 Å². The Bertz CT molecular complexity index is 1230. The summed E-state index contributed by atoms with van der Waals surface area (Å²) in [5.41, 5.74) is 3.57. The zero-order valence-corrected chi connectivity index (χ0v) is 20.5. The van der Waals surface area contributed by atoms with Gasteiger partial charge in [0.05, 0.1) is 15.4 Å². The number of carbonyl (C=O) groups is 1. The number of thiophene rings is 1.